The van der Waals surface area contributed by atoms with Crippen LogP contribution >= 0.6 is 0 Å². The van der Waals surface area contributed by atoms with Gasteiger partial charge in [0.1, 0.15) is 11.6 Å². The minimum Gasteiger partial charge on any atom is -0.484 e. The lowest BCUT2D eigenvalue weighted by Gasteiger charge is -2.12. The second kappa shape index (κ2) is 7.74. The summed E-state index contributed by atoms with van der Waals surface area (Å²) in [6, 6.07) is 4.48. The van der Waals surface area contributed by atoms with Crippen molar-refractivity contribution in [2.24, 2.45) is 5.73 Å². The lowest BCUT2D eigenvalue weighted by Crippen LogP contribution is -2.35. The first-order valence-electron chi connectivity index (χ1n) is 6.46. The van der Waals surface area contributed by atoms with Crippen molar-refractivity contribution in [3.05, 3.63) is 29.6 Å². The number of benzene rings is 1. The molecule has 19 heavy (non-hydrogen) atoms. The van der Waals surface area contributed by atoms with Crippen LogP contribution in [0.4, 0.5) is 4.39 Å². The summed E-state index contributed by atoms with van der Waals surface area (Å²) in [6.07, 6.45) is 1.43. The van der Waals surface area contributed by atoms with E-state index in [1.54, 1.807) is 6.07 Å². The van der Waals surface area contributed by atoms with E-state index < -0.39 is 0 Å². The molecule has 0 heterocycles. The highest BCUT2D eigenvalue weighted by Crippen LogP contribution is 2.16. The summed E-state index contributed by atoms with van der Waals surface area (Å²) in [4.78, 5) is 11.5. The zero-order valence-electron chi connectivity index (χ0n) is 11.4. The van der Waals surface area contributed by atoms with Crippen LogP contribution in [0, 0.1) is 5.82 Å². The van der Waals surface area contributed by atoms with E-state index in [0.717, 1.165) is 12.0 Å². The van der Waals surface area contributed by atoms with Crippen molar-refractivity contribution in [3.63, 3.8) is 0 Å². The Hall–Kier alpha value is -1.62. The van der Waals surface area contributed by atoms with Gasteiger partial charge in [0.05, 0.1) is 0 Å². The number of nitrogens with two attached hydrogens (primary N) is 1. The summed E-state index contributed by atoms with van der Waals surface area (Å²) in [6.45, 7) is 4.23. The smallest absolute Gasteiger partial charge is 0.258 e. The van der Waals surface area contributed by atoms with E-state index in [9.17, 15) is 9.18 Å². The molecule has 1 atom stereocenters. The Bertz CT molecular complexity index is 424. The highest BCUT2D eigenvalue weighted by Gasteiger charge is 2.07. The number of ether oxygens (including phenoxy) is 1. The predicted octanol–water partition coefficient (Wildman–Crippen LogP) is 1.62. The van der Waals surface area contributed by atoms with Gasteiger partial charge in [0.15, 0.2) is 6.61 Å². The number of carbonyl (C=O) groups is 1. The van der Waals surface area contributed by atoms with Crippen LogP contribution in [-0.4, -0.2) is 25.1 Å². The highest BCUT2D eigenvalue weighted by atomic mass is 19.1. The third-order valence-corrected chi connectivity index (χ3v) is 2.75. The Kier molecular flexibility index (Phi) is 6.29. The van der Waals surface area contributed by atoms with E-state index >= 15 is 0 Å². The number of rotatable bonds is 7. The molecule has 1 aromatic rings. The van der Waals surface area contributed by atoms with Crippen molar-refractivity contribution >= 4 is 5.91 Å². The first-order valence-corrected chi connectivity index (χ1v) is 6.46. The zero-order chi connectivity index (χ0) is 14.3. The molecule has 0 bridgehead atoms. The molecule has 1 aromatic carbocycles. The maximum atomic E-state index is 13.3. The van der Waals surface area contributed by atoms with Crippen molar-refractivity contribution in [1.29, 1.82) is 0 Å². The monoisotopic (exact) mass is 268 g/mol. The van der Waals surface area contributed by atoms with Gasteiger partial charge in [-0.15, -0.1) is 0 Å². The van der Waals surface area contributed by atoms with Gasteiger partial charge in [-0.25, -0.2) is 4.39 Å². The number of hydrogen-bond donors (Lipinski definition) is 2. The van der Waals surface area contributed by atoms with E-state index in [1.807, 2.05) is 13.8 Å². The van der Waals surface area contributed by atoms with Gasteiger partial charge < -0.3 is 15.8 Å². The van der Waals surface area contributed by atoms with Crippen LogP contribution in [0.25, 0.3) is 0 Å². The fourth-order valence-corrected chi connectivity index (χ4v) is 1.58. The molecular formula is C14H21FN2O2. The van der Waals surface area contributed by atoms with Crippen LogP contribution < -0.4 is 15.8 Å². The molecule has 0 aromatic heterocycles. The molecule has 0 spiro atoms. The minimum atomic E-state index is -0.386. The maximum absolute atomic E-state index is 13.3. The van der Waals surface area contributed by atoms with Gasteiger partial charge >= 0.3 is 0 Å². The molecule has 4 nitrogen and oxygen atoms in total. The molecule has 0 saturated carbocycles. The first-order chi connectivity index (χ1) is 9.05. The largest absolute Gasteiger partial charge is 0.484 e. The third kappa shape index (κ3) is 5.70. The van der Waals surface area contributed by atoms with Gasteiger partial charge in [-0.1, -0.05) is 6.92 Å². The summed E-state index contributed by atoms with van der Waals surface area (Å²) in [5, 5.41) is 2.78. The summed E-state index contributed by atoms with van der Waals surface area (Å²) in [5.74, 6) is -0.245. The molecular weight excluding hydrogens is 247 g/mol. The third-order valence-electron chi connectivity index (χ3n) is 2.75. The molecule has 0 saturated heterocycles. The van der Waals surface area contributed by atoms with E-state index in [4.69, 9.17) is 10.5 Å². The molecule has 0 aliphatic rings. The standard InChI is InChI=1S/C14H21FN2O2/c1-3-10(2)17-14(18)9-19-13-7-11(4-5-16)6-12(15)8-13/h6-8,10H,3-5,9,16H2,1-2H3,(H,17,18). The molecule has 3 N–H and O–H groups in total. The molecule has 1 rings (SSSR count). The van der Waals surface area contributed by atoms with Gasteiger partial charge in [-0.3, -0.25) is 4.79 Å². The number of halogens is 1. The molecule has 0 aliphatic carbocycles. The average Bonchev–Trinajstić information content (AvgIpc) is 2.36. The van der Waals surface area contributed by atoms with Crippen LogP contribution in [0.15, 0.2) is 18.2 Å². The summed E-state index contributed by atoms with van der Waals surface area (Å²) in [7, 11) is 0. The van der Waals surface area contributed by atoms with Crippen LogP contribution in [0.1, 0.15) is 25.8 Å². The molecule has 1 amide bonds. The van der Waals surface area contributed by atoms with E-state index in [0.29, 0.717) is 18.7 Å². The Balaban J connectivity index is 2.55. The van der Waals surface area contributed by atoms with Crippen molar-refractivity contribution in [3.8, 4) is 5.75 Å². The Morgan fingerprint density at radius 1 is 1.47 bits per heavy atom. The molecule has 0 fully saturated rings. The summed E-state index contributed by atoms with van der Waals surface area (Å²) < 4.78 is 18.6. The van der Waals surface area contributed by atoms with E-state index in [1.165, 1.54) is 12.1 Å². The Labute approximate surface area is 113 Å². The molecule has 106 valence electrons. The maximum Gasteiger partial charge on any atom is 0.258 e. The van der Waals surface area contributed by atoms with Gasteiger partial charge in [0.2, 0.25) is 0 Å². The number of hydrogen-bond acceptors (Lipinski definition) is 3. The number of carbonyl (C=O) groups excluding carboxylic acids is 1. The first kappa shape index (κ1) is 15.4. The quantitative estimate of drug-likeness (QED) is 0.790. The van der Waals surface area contributed by atoms with Crippen molar-refractivity contribution in [2.75, 3.05) is 13.2 Å². The van der Waals surface area contributed by atoms with Crippen LogP contribution in [-0.2, 0) is 11.2 Å². The predicted molar refractivity (Wildman–Crippen MR) is 72.5 cm³/mol. The van der Waals surface area contributed by atoms with Crippen LogP contribution in [0.3, 0.4) is 0 Å². The number of nitrogens with one attached hydrogen (secondary N) is 1. The van der Waals surface area contributed by atoms with Crippen molar-refractivity contribution in [2.45, 2.75) is 32.7 Å². The lowest BCUT2D eigenvalue weighted by molar-refractivity contribution is -0.123. The molecule has 0 aliphatic heterocycles. The topological polar surface area (TPSA) is 64.3 Å². The molecule has 1 unspecified atom stereocenters. The molecule has 0 radical (unpaired) electrons. The summed E-state index contributed by atoms with van der Waals surface area (Å²) >= 11 is 0. The normalized spacial score (nSPS) is 12.0. The Morgan fingerprint density at radius 3 is 2.84 bits per heavy atom. The van der Waals surface area contributed by atoms with E-state index in [-0.39, 0.29) is 24.4 Å². The second-order valence-electron chi connectivity index (χ2n) is 4.50. The average molecular weight is 268 g/mol. The summed E-state index contributed by atoms with van der Waals surface area (Å²) in [5.41, 5.74) is 6.19. The molecule has 5 heteroatoms. The lowest BCUT2D eigenvalue weighted by atomic mass is 10.1. The zero-order valence-corrected chi connectivity index (χ0v) is 11.4. The second-order valence-corrected chi connectivity index (χ2v) is 4.50. The van der Waals surface area contributed by atoms with Crippen molar-refractivity contribution in [1.82, 2.24) is 5.32 Å². The van der Waals surface area contributed by atoms with Crippen LogP contribution in [0.5, 0.6) is 5.75 Å². The fourth-order valence-electron chi connectivity index (χ4n) is 1.58. The van der Waals surface area contributed by atoms with Crippen molar-refractivity contribution < 1.29 is 13.9 Å². The Morgan fingerprint density at radius 2 is 2.21 bits per heavy atom. The van der Waals surface area contributed by atoms with E-state index in [2.05, 4.69) is 5.32 Å². The SMILES string of the molecule is CCC(C)NC(=O)COc1cc(F)cc(CCN)c1. The van der Waals surface area contributed by atoms with Gasteiger partial charge in [0.25, 0.3) is 5.91 Å². The van der Waals surface area contributed by atoms with Crippen LogP contribution in [0.2, 0.25) is 0 Å². The number of amides is 1. The highest BCUT2D eigenvalue weighted by molar-refractivity contribution is 5.77. The minimum absolute atomic E-state index is 0.108. The van der Waals surface area contributed by atoms with Gasteiger partial charge in [0, 0.05) is 12.1 Å². The van der Waals surface area contributed by atoms with Gasteiger partial charge in [-0.2, -0.15) is 0 Å². The fraction of sp³-hybridized carbons (Fsp3) is 0.500. The van der Waals surface area contributed by atoms with Gasteiger partial charge in [-0.05, 0) is 44.0 Å².